The van der Waals surface area contributed by atoms with Crippen LogP contribution in [0.15, 0.2) is 78.9 Å². The summed E-state index contributed by atoms with van der Waals surface area (Å²) in [6.45, 7) is 4.16. The summed E-state index contributed by atoms with van der Waals surface area (Å²) in [7, 11) is 0. The van der Waals surface area contributed by atoms with Gasteiger partial charge < -0.3 is 10.6 Å². The summed E-state index contributed by atoms with van der Waals surface area (Å²) >= 11 is 0. The van der Waals surface area contributed by atoms with Crippen LogP contribution in [0.2, 0.25) is 0 Å². The maximum absolute atomic E-state index is 12.3. The van der Waals surface area contributed by atoms with Gasteiger partial charge in [0.15, 0.2) is 0 Å². The summed E-state index contributed by atoms with van der Waals surface area (Å²) in [6.07, 6.45) is 2.85. The molecule has 4 rings (SSSR count). The first-order valence-corrected chi connectivity index (χ1v) is 11.7. The normalized spacial score (nSPS) is 13.6. The Balaban J connectivity index is 1.28. The number of nitrogens with zero attached hydrogens (tertiary/aromatic N) is 1. The molecule has 2 amide bonds. The number of carbonyl (C=O) groups excluding carboxylic acids is 2. The summed E-state index contributed by atoms with van der Waals surface area (Å²) in [6, 6.07) is 25.9. The average molecular weight is 442 g/mol. The van der Waals surface area contributed by atoms with E-state index >= 15 is 0 Å². The smallest absolute Gasteiger partial charge is 0.251 e. The fourth-order valence-electron chi connectivity index (χ4n) is 4.21. The number of likely N-dealkylation sites (tertiary alicyclic amines) is 1. The van der Waals surface area contributed by atoms with Crippen molar-refractivity contribution >= 4 is 11.8 Å². The van der Waals surface area contributed by atoms with Crippen molar-refractivity contribution in [1.82, 2.24) is 15.5 Å². The van der Waals surface area contributed by atoms with Crippen molar-refractivity contribution in [3.63, 3.8) is 0 Å². The van der Waals surface area contributed by atoms with Crippen molar-refractivity contribution in [2.24, 2.45) is 0 Å². The molecule has 1 saturated heterocycles. The summed E-state index contributed by atoms with van der Waals surface area (Å²) in [5.41, 5.74) is 5.29. The molecule has 3 aromatic rings. The second-order valence-electron chi connectivity index (χ2n) is 8.49. The van der Waals surface area contributed by atoms with E-state index in [-0.39, 0.29) is 18.2 Å². The highest BCUT2D eigenvalue weighted by Crippen LogP contribution is 2.25. The number of hydrogen-bond donors (Lipinski definition) is 2. The van der Waals surface area contributed by atoms with Crippen LogP contribution in [0.1, 0.15) is 40.7 Å². The summed E-state index contributed by atoms with van der Waals surface area (Å²) in [5.74, 6) is -0.249. The van der Waals surface area contributed by atoms with Crippen molar-refractivity contribution in [3.8, 4) is 11.1 Å². The number of rotatable bonds is 9. The summed E-state index contributed by atoms with van der Waals surface area (Å²) < 4.78 is 0. The van der Waals surface area contributed by atoms with E-state index in [0.717, 1.165) is 23.2 Å². The Bertz CT molecular complexity index is 1060. The van der Waals surface area contributed by atoms with Crippen LogP contribution in [-0.2, 0) is 17.9 Å². The highest BCUT2D eigenvalue weighted by Gasteiger charge is 2.12. The van der Waals surface area contributed by atoms with Gasteiger partial charge in [0.25, 0.3) is 5.91 Å². The van der Waals surface area contributed by atoms with Gasteiger partial charge in [0.1, 0.15) is 0 Å². The van der Waals surface area contributed by atoms with Crippen LogP contribution in [-0.4, -0.2) is 36.3 Å². The molecule has 0 aliphatic carbocycles. The van der Waals surface area contributed by atoms with Crippen LogP contribution in [0.3, 0.4) is 0 Å². The number of nitrogens with one attached hydrogen (secondary N) is 2. The van der Waals surface area contributed by atoms with E-state index < -0.39 is 0 Å². The largest absolute Gasteiger partial charge is 0.352 e. The van der Waals surface area contributed by atoms with E-state index in [9.17, 15) is 9.59 Å². The van der Waals surface area contributed by atoms with Gasteiger partial charge in [-0.3, -0.25) is 14.5 Å². The standard InChI is InChI=1S/C28H31N3O2/c32-27(16-17-29-28(33)24-8-2-1-3-9-24)30-20-25-10-4-5-11-26(25)23-14-12-22(13-15-23)21-31-18-6-7-19-31/h1-5,8-15H,6-7,16-21H2,(H,29,33)(H,30,32). The van der Waals surface area contributed by atoms with Crippen LogP contribution in [0.5, 0.6) is 0 Å². The van der Waals surface area contributed by atoms with Crippen LogP contribution in [0, 0.1) is 0 Å². The summed E-state index contributed by atoms with van der Waals surface area (Å²) in [4.78, 5) is 26.9. The molecule has 1 heterocycles. The third-order valence-electron chi connectivity index (χ3n) is 6.04. The first-order chi connectivity index (χ1) is 16.2. The van der Waals surface area contributed by atoms with Gasteiger partial charge in [-0.1, -0.05) is 66.7 Å². The monoisotopic (exact) mass is 441 g/mol. The lowest BCUT2D eigenvalue weighted by Crippen LogP contribution is -2.30. The quantitative estimate of drug-likeness (QED) is 0.518. The van der Waals surface area contributed by atoms with Crippen LogP contribution >= 0.6 is 0 Å². The topological polar surface area (TPSA) is 61.4 Å². The Morgan fingerprint density at radius 3 is 2.24 bits per heavy atom. The fourth-order valence-corrected chi connectivity index (χ4v) is 4.21. The minimum Gasteiger partial charge on any atom is -0.352 e. The predicted octanol–water partition coefficient (Wildman–Crippen LogP) is 4.39. The minimum absolute atomic E-state index is 0.0841. The number of benzene rings is 3. The molecule has 5 heteroatoms. The molecular formula is C28H31N3O2. The number of hydrogen-bond acceptors (Lipinski definition) is 3. The van der Waals surface area contributed by atoms with E-state index in [1.165, 1.54) is 31.5 Å². The lowest BCUT2D eigenvalue weighted by Gasteiger charge is -2.15. The fraction of sp³-hybridized carbons (Fsp3) is 0.286. The number of carbonyl (C=O) groups is 2. The Morgan fingerprint density at radius 1 is 0.788 bits per heavy atom. The van der Waals surface area contributed by atoms with Gasteiger partial charge in [-0.15, -0.1) is 0 Å². The average Bonchev–Trinajstić information content (AvgIpc) is 3.37. The molecule has 0 aromatic heterocycles. The molecule has 1 aliphatic rings. The lowest BCUT2D eigenvalue weighted by molar-refractivity contribution is -0.121. The Hall–Kier alpha value is -3.44. The van der Waals surface area contributed by atoms with E-state index in [4.69, 9.17) is 0 Å². The molecule has 170 valence electrons. The van der Waals surface area contributed by atoms with Gasteiger partial charge >= 0.3 is 0 Å². The maximum Gasteiger partial charge on any atom is 0.251 e. The first-order valence-electron chi connectivity index (χ1n) is 11.7. The van der Waals surface area contributed by atoms with Crippen molar-refractivity contribution in [1.29, 1.82) is 0 Å². The molecule has 0 saturated carbocycles. The second kappa shape index (κ2) is 11.4. The molecule has 2 N–H and O–H groups in total. The zero-order valence-electron chi connectivity index (χ0n) is 18.9. The zero-order chi connectivity index (χ0) is 22.9. The van der Waals surface area contributed by atoms with E-state index in [0.29, 0.717) is 18.7 Å². The Kier molecular flexibility index (Phi) is 7.88. The van der Waals surface area contributed by atoms with Crippen molar-refractivity contribution in [2.75, 3.05) is 19.6 Å². The molecule has 0 spiro atoms. The molecule has 5 nitrogen and oxygen atoms in total. The van der Waals surface area contributed by atoms with E-state index in [1.54, 1.807) is 12.1 Å². The Labute approximate surface area is 195 Å². The zero-order valence-corrected chi connectivity index (χ0v) is 18.9. The van der Waals surface area contributed by atoms with Crippen LogP contribution < -0.4 is 10.6 Å². The molecule has 33 heavy (non-hydrogen) atoms. The van der Waals surface area contributed by atoms with Gasteiger partial charge in [0.2, 0.25) is 5.91 Å². The van der Waals surface area contributed by atoms with Gasteiger partial charge in [0.05, 0.1) is 0 Å². The van der Waals surface area contributed by atoms with Gasteiger partial charge in [-0.2, -0.15) is 0 Å². The third kappa shape index (κ3) is 6.53. The van der Waals surface area contributed by atoms with Gasteiger partial charge in [-0.25, -0.2) is 0 Å². The van der Waals surface area contributed by atoms with E-state index in [2.05, 4.69) is 45.9 Å². The minimum atomic E-state index is -0.165. The van der Waals surface area contributed by atoms with Crippen molar-refractivity contribution in [2.45, 2.75) is 32.4 Å². The third-order valence-corrected chi connectivity index (χ3v) is 6.04. The SMILES string of the molecule is O=C(CCNC(=O)c1ccccc1)NCc1ccccc1-c1ccc(CN2CCCC2)cc1. The molecule has 0 bridgehead atoms. The van der Waals surface area contributed by atoms with E-state index in [1.807, 2.05) is 36.4 Å². The predicted molar refractivity (Wildman–Crippen MR) is 132 cm³/mol. The maximum atomic E-state index is 12.3. The lowest BCUT2D eigenvalue weighted by atomic mass is 9.98. The highest BCUT2D eigenvalue weighted by molar-refractivity contribution is 5.94. The highest BCUT2D eigenvalue weighted by atomic mass is 16.2. The van der Waals surface area contributed by atoms with Gasteiger partial charge in [-0.05, 0) is 60.3 Å². The molecule has 0 unspecified atom stereocenters. The van der Waals surface area contributed by atoms with Crippen LogP contribution in [0.25, 0.3) is 11.1 Å². The molecule has 3 aromatic carbocycles. The summed E-state index contributed by atoms with van der Waals surface area (Å²) in [5, 5.41) is 5.78. The molecule has 1 fully saturated rings. The first kappa shape index (κ1) is 22.7. The van der Waals surface area contributed by atoms with Crippen molar-refractivity contribution < 1.29 is 9.59 Å². The molecular weight excluding hydrogens is 410 g/mol. The van der Waals surface area contributed by atoms with Crippen molar-refractivity contribution in [3.05, 3.63) is 95.6 Å². The Morgan fingerprint density at radius 2 is 1.48 bits per heavy atom. The molecule has 0 atom stereocenters. The number of amides is 2. The van der Waals surface area contributed by atoms with Gasteiger partial charge in [0, 0.05) is 31.6 Å². The van der Waals surface area contributed by atoms with Crippen LogP contribution in [0.4, 0.5) is 0 Å². The molecule has 1 aliphatic heterocycles. The second-order valence-corrected chi connectivity index (χ2v) is 8.49. The molecule has 0 radical (unpaired) electrons.